The van der Waals surface area contributed by atoms with Gasteiger partial charge in [0, 0.05) is 0 Å². The van der Waals surface area contributed by atoms with Gasteiger partial charge in [0.15, 0.2) is 0 Å². The van der Waals surface area contributed by atoms with Gasteiger partial charge in [0.25, 0.3) is 0 Å². The summed E-state index contributed by atoms with van der Waals surface area (Å²) in [4.78, 5) is 7.25. The predicted molar refractivity (Wildman–Crippen MR) is 52.6 cm³/mol. The molecule has 0 aliphatic rings. The molecule has 0 saturated carbocycles. The fourth-order valence-electron chi connectivity index (χ4n) is 0.604. The van der Waals surface area contributed by atoms with Crippen LogP contribution in [0.5, 0.6) is 0 Å². The number of nitroso groups, excluding NO2 is 1. The van der Waals surface area contributed by atoms with Gasteiger partial charge in [-0.3, -0.25) is 0 Å². The van der Waals surface area contributed by atoms with Crippen molar-refractivity contribution in [3.8, 4) is 0 Å². The first kappa shape index (κ1) is 36.2. The normalized spacial score (nSPS) is 4.75. The SMILES string of the molecule is [C-]#[O+].[C-]#[O+].[C-]#[O+].[CH2-]CCCCCC.[Fe+2].[N-]=O. The van der Waals surface area contributed by atoms with Crippen LogP contribution >= 0.6 is 0 Å². The van der Waals surface area contributed by atoms with Gasteiger partial charge in [-0.2, -0.15) is 6.42 Å². The van der Waals surface area contributed by atoms with Crippen LogP contribution in [0.25, 0.3) is 5.59 Å². The maximum atomic E-state index is 7.50. The van der Waals surface area contributed by atoms with Crippen molar-refractivity contribution < 1.29 is 31.0 Å². The van der Waals surface area contributed by atoms with E-state index in [1.165, 1.54) is 25.7 Å². The third kappa shape index (κ3) is 182. The largest absolute Gasteiger partial charge is 2.00 e. The second kappa shape index (κ2) is 135. The number of hydrogen-bond donors (Lipinski definition) is 0. The molecule has 0 radical (unpaired) electrons. The fourth-order valence-corrected chi connectivity index (χ4v) is 0.604. The van der Waals surface area contributed by atoms with Crippen molar-refractivity contribution in [1.29, 1.82) is 0 Å². The summed E-state index contributed by atoms with van der Waals surface area (Å²) in [6, 6.07) is 0. The Bertz CT molecular complexity index is 107. The Balaban J connectivity index is -0.0000000238. The van der Waals surface area contributed by atoms with Crippen LogP contribution in [0.3, 0.4) is 0 Å². The quantitative estimate of drug-likeness (QED) is 0.333. The number of nitrogens with zero attached hydrogens (tertiary/aromatic N) is 1. The Morgan fingerprint density at radius 1 is 0.938 bits per heavy atom. The molecule has 0 aromatic carbocycles. The van der Waals surface area contributed by atoms with E-state index in [1.807, 2.05) is 0 Å². The van der Waals surface area contributed by atoms with Crippen LogP contribution in [-0.4, -0.2) is 0 Å². The van der Waals surface area contributed by atoms with Gasteiger partial charge in [-0.15, -0.1) is 0 Å². The minimum absolute atomic E-state index is 0. The molecule has 0 bridgehead atoms. The molecule has 0 aliphatic heterocycles. The minimum Gasteiger partial charge on any atom is -0.577 e. The molecule has 0 fully saturated rings. The molecule has 0 saturated heterocycles. The van der Waals surface area contributed by atoms with E-state index >= 15 is 0 Å². The van der Waals surface area contributed by atoms with Gasteiger partial charge in [-0.05, 0) is 0 Å². The van der Waals surface area contributed by atoms with Crippen molar-refractivity contribution in [1.82, 2.24) is 0 Å². The molecular formula is C10H15FeNO4. The van der Waals surface area contributed by atoms with E-state index in [1.54, 1.807) is 0 Å². The van der Waals surface area contributed by atoms with Crippen molar-refractivity contribution in [2.24, 2.45) is 0 Å². The smallest absolute Gasteiger partial charge is 0.577 e. The van der Waals surface area contributed by atoms with Crippen molar-refractivity contribution in [2.75, 3.05) is 0 Å². The Hall–Kier alpha value is -0.661. The van der Waals surface area contributed by atoms with Crippen molar-refractivity contribution in [2.45, 2.75) is 39.0 Å². The molecule has 0 heterocycles. The van der Waals surface area contributed by atoms with Crippen LogP contribution in [0.1, 0.15) is 39.0 Å². The minimum atomic E-state index is 0. The zero-order chi connectivity index (χ0) is 13.5. The standard InChI is InChI=1S/C7H15.3CO.Fe.NO/c1-3-5-7-6-4-2;3*1-2;;1-2/h1,3-7H2,2H3;;;;;/q-1;;;;+2;-1. The summed E-state index contributed by atoms with van der Waals surface area (Å²) in [7, 11) is 0. The Labute approximate surface area is 108 Å². The summed E-state index contributed by atoms with van der Waals surface area (Å²) in [5, 5.41) is 0. The van der Waals surface area contributed by atoms with Crippen molar-refractivity contribution in [3.63, 3.8) is 0 Å². The molecular weight excluding hydrogens is 254 g/mol. The van der Waals surface area contributed by atoms with Gasteiger partial charge in [0.2, 0.25) is 0 Å². The monoisotopic (exact) mass is 269 g/mol. The van der Waals surface area contributed by atoms with Gasteiger partial charge >= 0.3 is 51.0 Å². The molecule has 0 aromatic rings. The van der Waals surface area contributed by atoms with Gasteiger partial charge in [-0.25, -0.2) is 0 Å². The molecule has 5 nitrogen and oxygen atoms in total. The second-order valence-electron chi connectivity index (χ2n) is 1.91. The molecule has 0 N–H and O–H groups in total. The molecule has 16 heavy (non-hydrogen) atoms. The summed E-state index contributed by atoms with van der Waals surface area (Å²) < 4.78 is 22.5. The Morgan fingerprint density at radius 3 is 1.44 bits per heavy atom. The van der Waals surface area contributed by atoms with Crippen LogP contribution in [0.2, 0.25) is 0 Å². The van der Waals surface area contributed by atoms with Gasteiger partial charge in [-0.1, -0.05) is 32.6 Å². The average molecular weight is 269 g/mol. The van der Waals surface area contributed by atoms with Crippen molar-refractivity contribution in [3.05, 3.63) is 37.4 Å². The number of hydrogen-bond acceptors (Lipinski definition) is 1. The Kier molecular flexibility index (Phi) is 306. The van der Waals surface area contributed by atoms with E-state index in [4.69, 9.17) is 24.5 Å². The Morgan fingerprint density at radius 2 is 1.25 bits per heavy atom. The summed E-state index contributed by atoms with van der Waals surface area (Å²) in [6.07, 6.45) is 6.52. The summed E-state index contributed by atoms with van der Waals surface area (Å²) in [5.74, 6) is 0. The summed E-state index contributed by atoms with van der Waals surface area (Å²) >= 11 is 0. The third-order valence-corrected chi connectivity index (χ3v) is 1.10. The zero-order valence-electron chi connectivity index (χ0n) is 9.18. The molecule has 6 heteroatoms. The van der Waals surface area contributed by atoms with Gasteiger partial charge in [0.1, 0.15) is 0 Å². The van der Waals surface area contributed by atoms with E-state index in [0.717, 1.165) is 6.42 Å². The molecule has 0 aromatic heterocycles. The van der Waals surface area contributed by atoms with Crippen LogP contribution in [0.4, 0.5) is 0 Å². The molecule has 0 spiro atoms. The molecule has 0 amide bonds. The van der Waals surface area contributed by atoms with E-state index in [2.05, 4.69) is 33.8 Å². The molecule has 0 rings (SSSR count). The van der Waals surface area contributed by atoms with Crippen LogP contribution in [0.15, 0.2) is 0 Å². The van der Waals surface area contributed by atoms with E-state index < -0.39 is 0 Å². The summed E-state index contributed by atoms with van der Waals surface area (Å²) in [5.41, 5.74) is 5.75. The van der Waals surface area contributed by atoms with Crippen molar-refractivity contribution >= 4 is 0 Å². The molecule has 0 unspecified atom stereocenters. The van der Waals surface area contributed by atoms with Crippen LogP contribution < -0.4 is 0 Å². The van der Waals surface area contributed by atoms with Gasteiger partial charge < -0.3 is 17.4 Å². The number of rotatable bonds is 4. The maximum Gasteiger partial charge on any atom is 2.00 e. The summed E-state index contributed by atoms with van der Waals surface area (Å²) in [6.45, 7) is 19.5. The first-order chi connectivity index (χ1) is 7.41. The topological polar surface area (TPSA) is 99.1 Å². The third-order valence-electron chi connectivity index (χ3n) is 1.10. The first-order valence-electron chi connectivity index (χ1n) is 4.00. The van der Waals surface area contributed by atoms with Crippen LogP contribution in [-0.2, 0) is 31.0 Å². The average Bonchev–Trinajstić information content (AvgIpc) is 2.40. The second-order valence-corrected chi connectivity index (χ2v) is 1.91. The van der Waals surface area contributed by atoms with E-state index in [0.29, 0.717) is 0 Å². The van der Waals surface area contributed by atoms with E-state index in [9.17, 15) is 0 Å². The fraction of sp³-hybridized carbons (Fsp3) is 0.600. The predicted octanol–water partition coefficient (Wildman–Crippen LogP) is 3.00. The molecule has 92 valence electrons. The molecule has 0 aliphatic carbocycles. The molecule has 0 atom stereocenters. The zero-order valence-corrected chi connectivity index (χ0v) is 10.3. The maximum absolute atomic E-state index is 7.50. The van der Waals surface area contributed by atoms with Gasteiger partial charge in [0.05, 0.1) is 0 Å². The van der Waals surface area contributed by atoms with Crippen LogP contribution in [0, 0.1) is 31.8 Å². The van der Waals surface area contributed by atoms with E-state index in [-0.39, 0.29) is 17.1 Å². The number of unbranched alkanes of at least 4 members (excludes halogenated alkanes) is 4. The first-order valence-corrected chi connectivity index (χ1v) is 4.00.